The zero-order valence-electron chi connectivity index (χ0n) is 19.5. The van der Waals surface area contributed by atoms with E-state index in [-0.39, 0.29) is 36.5 Å². The van der Waals surface area contributed by atoms with Crippen molar-refractivity contribution >= 4 is 11.8 Å². The number of piperidine rings is 1. The molecule has 2 aromatic rings. The summed E-state index contributed by atoms with van der Waals surface area (Å²) in [6.07, 6.45) is -0.668. The second kappa shape index (κ2) is 12.4. The lowest BCUT2D eigenvalue weighted by Crippen LogP contribution is -2.55. The lowest BCUT2D eigenvalue weighted by atomic mass is 10.0. The molecule has 5 nitrogen and oxygen atoms in total. The van der Waals surface area contributed by atoms with Crippen molar-refractivity contribution in [2.75, 3.05) is 20.1 Å². The molecule has 0 bridgehead atoms. The third-order valence-electron chi connectivity index (χ3n) is 5.35. The van der Waals surface area contributed by atoms with Gasteiger partial charge in [-0.3, -0.25) is 0 Å². The van der Waals surface area contributed by atoms with Crippen molar-refractivity contribution in [2.24, 2.45) is 0 Å². The Kier molecular flexibility index (Phi) is 9.91. The maximum atomic E-state index is 14.8. The molecule has 2 aromatic carbocycles. The molecule has 2 amide bonds. The molecule has 0 saturated carbocycles. The third-order valence-corrected chi connectivity index (χ3v) is 5.35. The zero-order chi connectivity index (χ0) is 24.5. The minimum Gasteiger partial charge on any atom is -0.331 e. The van der Waals surface area contributed by atoms with Crippen LogP contribution in [0.5, 0.6) is 0 Å². The molecule has 0 unspecified atom stereocenters. The number of hydrogen-bond donors (Lipinski definition) is 1. The lowest BCUT2D eigenvalue weighted by Gasteiger charge is -2.40. The predicted molar refractivity (Wildman–Crippen MR) is 122 cm³/mol. The van der Waals surface area contributed by atoms with Crippen LogP contribution in [-0.2, 0) is 11.3 Å². The number of urea groups is 1. The molecule has 33 heavy (non-hydrogen) atoms. The summed E-state index contributed by atoms with van der Waals surface area (Å²) in [5.74, 6) is -0.547. The van der Waals surface area contributed by atoms with E-state index in [0.29, 0.717) is 13.0 Å². The summed E-state index contributed by atoms with van der Waals surface area (Å²) in [4.78, 5) is 25.9. The summed E-state index contributed by atoms with van der Waals surface area (Å²) in [6.45, 7) is 5.97. The Balaban J connectivity index is 0.000000890. The fourth-order valence-electron chi connectivity index (χ4n) is 3.62. The highest BCUT2D eigenvalue weighted by Crippen LogP contribution is 2.23. The van der Waals surface area contributed by atoms with Crippen molar-refractivity contribution in [3.8, 4) is 0 Å². The number of alkyl halides is 1. The number of halogens is 3. The van der Waals surface area contributed by atoms with Crippen LogP contribution in [0.3, 0.4) is 0 Å². The molecule has 0 aliphatic carbocycles. The normalized spacial score (nSPS) is 19.1. The molecular formula is C25H32F3N3O2. The van der Waals surface area contributed by atoms with Crippen LogP contribution in [0.25, 0.3) is 0 Å². The van der Waals surface area contributed by atoms with Gasteiger partial charge in [0.15, 0.2) is 0 Å². The molecule has 1 saturated heterocycles. The van der Waals surface area contributed by atoms with Crippen molar-refractivity contribution in [2.45, 2.75) is 52.0 Å². The van der Waals surface area contributed by atoms with Crippen LogP contribution >= 0.6 is 0 Å². The second-order valence-corrected chi connectivity index (χ2v) is 8.52. The average Bonchev–Trinajstić information content (AvgIpc) is 2.74. The highest BCUT2D eigenvalue weighted by atomic mass is 19.1. The number of carbonyl (C=O) groups excluding carboxylic acids is 2. The molecule has 180 valence electrons. The molecule has 1 aliphatic heterocycles. The first kappa shape index (κ1) is 26.4. The Bertz CT molecular complexity index is 902. The number of benzene rings is 2. The van der Waals surface area contributed by atoms with E-state index in [1.54, 1.807) is 31.2 Å². The van der Waals surface area contributed by atoms with Crippen LogP contribution in [0, 0.1) is 11.6 Å². The van der Waals surface area contributed by atoms with Crippen molar-refractivity contribution in [3.63, 3.8) is 0 Å². The maximum absolute atomic E-state index is 14.8. The molecule has 0 spiro atoms. The summed E-state index contributed by atoms with van der Waals surface area (Å²) < 4.78 is 41.2. The molecule has 3 rings (SSSR count). The van der Waals surface area contributed by atoms with E-state index in [2.05, 4.69) is 5.32 Å². The molecule has 1 N–H and O–H groups in total. The van der Waals surface area contributed by atoms with Gasteiger partial charge in [-0.25, -0.2) is 18.0 Å². The van der Waals surface area contributed by atoms with E-state index < -0.39 is 18.2 Å². The van der Waals surface area contributed by atoms with Gasteiger partial charge in [-0.1, -0.05) is 24.3 Å². The van der Waals surface area contributed by atoms with Crippen molar-refractivity contribution in [3.05, 3.63) is 71.3 Å². The number of Topliss-reactive ketones (excluding diaryl/α,β-unsaturated/α-hetero) is 1. The quantitative estimate of drug-likeness (QED) is 0.688. The van der Waals surface area contributed by atoms with Gasteiger partial charge in [-0.15, -0.1) is 0 Å². The van der Waals surface area contributed by atoms with Crippen LogP contribution < -0.4 is 5.32 Å². The fourth-order valence-corrected chi connectivity index (χ4v) is 3.62. The summed E-state index contributed by atoms with van der Waals surface area (Å²) in [7, 11) is 1.85. The van der Waals surface area contributed by atoms with Gasteiger partial charge >= 0.3 is 6.03 Å². The number of nitrogens with one attached hydrogen (secondary N) is 1. The largest absolute Gasteiger partial charge is 0.331 e. The van der Waals surface area contributed by atoms with E-state index in [1.165, 1.54) is 43.0 Å². The van der Waals surface area contributed by atoms with Crippen LogP contribution in [0.15, 0.2) is 48.5 Å². The van der Waals surface area contributed by atoms with Gasteiger partial charge in [-0.05, 0) is 69.6 Å². The highest BCUT2D eigenvalue weighted by molar-refractivity contribution is 5.75. The number of ketones is 1. The Morgan fingerprint density at radius 2 is 1.58 bits per heavy atom. The Morgan fingerprint density at radius 3 is 2.09 bits per heavy atom. The first-order valence-electron chi connectivity index (χ1n) is 10.9. The van der Waals surface area contributed by atoms with E-state index in [1.807, 2.05) is 11.9 Å². The SMILES string of the molecule is CC(C)=O.C[C@@H](NC(=O)N(Cc1ccc(F)cc1)[C@H]1CCN(C)C[C@H]1F)c1ccc(F)cc1. The Hall–Kier alpha value is -2.87. The van der Waals surface area contributed by atoms with Gasteiger partial charge in [-0.2, -0.15) is 0 Å². The van der Waals surface area contributed by atoms with Crippen LogP contribution in [0.4, 0.5) is 18.0 Å². The van der Waals surface area contributed by atoms with Crippen molar-refractivity contribution in [1.82, 2.24) is 15.1 Å². The monoisotopic (exact) mass is 463 g/mol. The molecule has 8 heteroatoms. The van der Waals surface area contributed by atoms with Gasteiger partial charge in [0.25, 0.3) is 0 Å². The van der Waals surface area contributed by atoms with Gasteiger partial charge < -0.3 is 19.9 Å². The lowest BCUT2D eigenvalue weighted by molar-refractivity contribution is -0.115. The van der Waals surface area contributed by atoms with E-state index in [4.69, 9.17) is 0 Å². The first-order chi connectivity index (χ1) is 15.6. The summed E-state index contributed by atoms with van der Waals surface area (Å²) in [5, 5.41) is 2.89. The van der Waals surface area contributed by atoms with Gasteiger partial charge in [0.2, 0.25) is 0 Å². The minimum atomic E-state index is -1.18. The molecule has 1 aliphatic rings. The smallest absolute Gasteiger partial charge is 0.318 e. The fraction of sp³-hybridized carbons (Fsp3) is 0.440. The highest BCUT2D eigenvalue weighted by Gasteiger charge is 2.35. The number of nitrogens with zero attached hydrogens (tertiary/aromatic N) is 2. The average molecular weight is 464 g/mol. The standard InChI is InChI=1S/C22H26F3N3O.C3H6O/c1-15(17-5-9-19(24)10-6-17)26-22(29)28(13-16-3-7-18(23)8-4-16)21-11-12-27(2)14-20(21)25;1-3(2)4/h3-10,15,20-21H,11-14H2,1-2H3,(H,26,29);1-2H3/t15-,20-,21+;/m1./s1. The Labute approximate surface area is 193 Å². The number of hydrogen-bond acceptors (Lipinski definition) is 3. The van der Waals surface area contributed by atoms with Gasteiger partial charge in [0, 0.05) is 19.6 Å². The van der Waals surface area contributed by atoms with Crippen LogP contribution in [0.2, 0.25) is 0 Å². The third kappa shape index (κ3) is 8.53. The molecule has 0 radical (unpaired) electrons. The van der Waals surface area contributed by atoms with Crippen LogP contribution in [-0.4, -0.2) is 54.0 Å². The minimum absolute atomic E-state index is 0.167. The second-order valence-electron chi connectivity index (χ2n) is 8.52. The van der Waals surface area contributed by atoms with E-state index in [0.717, 1.165) is 11.1 Å². The van der Waals surface area contributed by atoms with Crippen LogP contribution in [0.1, 0.15) is 44.4 Å². The first-order valence-corrected chi connectivity index (χ1v) is 10.9. The number of likely N-dealkylation sites (tertiary alicyclic amines) is 1. The van der Waals surface area contributed by atoms with Gasteiger partial charge in [0.05, 0.1) is 12.1 Å². The van der Waals surface area contributed by atoms with E-state index >= 15 is 0 Å². The van der Waals surface area contributed by atoms with Gasteiger partial charge in [0.1, 0.15) is 23.6 Å². The molecule has 1 heterocycles. The molecule has 0 aromatic heterocycles. The van der Waals surface area contributed by atoms with Crippen molar-refractivity contribution < 1.29 is 22.8 Å². The number of rotatable bonds is 5. The maximum Gasteiger partial charge on any atom is 0.318 e. The predicted octanol–water partition coefficient (Wildman–Crippen LogP) is 4.88. The summed E-state index contributed by atoms with van der Waals surface area (Å²) >= 11 is 0. The summed E-state index contributed by atoms with van der Waals surface area (Å²) in [6, 6.07) is 10.4. The number of carbonyl (C=O) groups is 2. The number of amides is 2. The molecule has 1 fully saturated rings. The molecular weight excluding hydrogens is 431 g/mol. The topological polar surface area (TPSA) is 52.7 Å². The Morgan fingerprint density at radius 1 is 1.06 bits per heavy atom. The molecule has 3 atom stereocenters. The summed E-state index contributed by atoms with van der Waals surface area (Å²) in [5.41, 5.74) is 1.48. The van der Waals surface area contributed by atoms with E-state index in [9.17, 15) is 22.8 Å². The zero-order valence-corrected chi connectivity index (χ0v) is 19.5. The van der Waals surface area contributed by atoms with Crippen molar-refractivity contribution in [1.29, 1.82) is 0 Å².